The third-order valence-corrected chi connectivity index (χ3v) is 4.82. The third-order valence-electron chi connectivity index (χ3n) is 4.58. The number of nitrogens with zero attached hydrogens (tertiary/aromatic N) is 3. The number of nitriles is 1. The molecule has 0 aliphatic carbocycles. The summed E-state index contributed by atoms with van der Waals surface area (Å²) in [5.74, 6) is -1.46. The second-order valence-electron chi connectivity index (χ2n) is 6.55. The molecule has 29 heavy (non-hydrogen) atoms. The minimum Gasteiger partial charge on any atom is -0.314 e. The Hall–Kier alpha value is -2.46. The Kier molecular flexibility index (Phi) is 9.25. The maximum absolute atomic E-state index is 14.1. The van der Waals surface area contributed by atoms with Crippen molar-refractivity contribution in [1.29, 1.82) is 5.26 Å². The van der Waals surface area contributed by atoms with Crippen molar-refractivity contribution in [2.24, 2.45) is 0 Å². The fourth-order valence-corrected chi connectivity index (χ4v) is 2.84. The first kappa shape index (κ1) is 24.6. The van der Waals surface area contributed by atoms with Gasteiger partial charge in [0, 0.05) is 23.7 Å². The van der Waals surface area contributed by atoms with E-state index in [-0.39, 0.29) is 42.0 Å². The zero-order valence-electron chi connectivity index (χ0n) is 16.4. The zero-order chi connectivity index (χ0) is 20.8. The average Bonchev–Trinajstić information content (AvgIpc) is 2.67. The summed E-state index contributed by atoms with van der Waals surface area (Å²) in [7, 11) is 3.30. The molecule has 0 unspecified atom stereocenters. The van der Waals surface area contributed by atoms with Gasteiger partial charge in [0.15, 0.2) is 5.78 Å². The number of carbonyl (C=O) groups is 2. The molecule has 0 fully saturated rings. The predicted molar refractivity (Wildman–Crippen MR) is 114 cm³/mol. The molecule has 0 N–H and O–H groups in total. The normalized spacial score (nSPS) is 11.3. The number of halogens is 3. The Morgan fingerprint density at radius 2 is 1.83 bits per heavy atom. The van der Waals surface area contributed by atoms with Crippen LogP contribution < -0.4 is 4.90 Å². The van der Waals surface area contributed by atoms with Gasteiger partial charge in [-0.05, 0) is 44.3 Å². The van der Waals surface area contributed by atoms with Gasteiger partial charge in [0.05, 0.1) is 30.3 Å². The van der Waals surface area contributed by atoms with E-state index in [1.807, 2.05) is 6.92 Å². The van der Waals surface area contributed by atoms with Crippen LogP contribution in [-0.2, 0) is 4.79 Å². The second-order valence-corrected chi connectivity index (χ2v) is 6.99. The summed E-state index contributed by atoms with van der Waals surface area (Å²) in [6.07, 6.45) is 0.297. The van der Waals surface area contributed by atoms with Crippen LogP contribution in [0.4, 0.5) is 10.1 Å². The summed E-state index contributed by atoms with van der Waals surface area (Å²) >= 11 is 6.04. The zero-order valence-corrected chi connectivity index (χ0v) is 17.9. The fraction of sp³-hybridized carbons (Fsp3) is 0.286. The van der Waals surface area contributed by atoms with E-state index in [4.69, 9.17) is 16.9 Å². The summed E-state index contributed by atoms with van der Waals surface area (Å²) < 4.78 is 14.1. The smallest absolute Gasteiger partial charge is 0.240 e. The van der Waals surface area contributed by atoms with Gasteiger partial charge in [-0.25, -0.2) is 4.39 Å². The summed E-state index contributed by atoms with van der Waals surface area (Å²) in [6, 6.07) is 12.2. The van der Waals surface area contributed by atoms with Crippen LogP contribution in [-0.4, -0.2) is 43.3 Å². The molecule has 0 heterocycles. The Morgan fingerprint density at radius 3 is 2.45 bits per heavy atom. The molecule has 2 aromatic carbocycles. The van der Waals surface area contributed by atoms with Crippen molar-refractivity contribution in [2.75, 3.05) is 25.5 Å². The lowest BCUT2D eigenvalue weighted by Gasteiger charge is -2.26. The van der Waals surface area contributed by atoms with Crippen LogP contribution >= 0.6 is 24.0 Å². The number of hydrogen-bond donors (Lipinski definition) is 0. The van der Waals surface area contributed by atoms with Crippen molar-refractivity contribution >= 4 is 41.4 Å². The third kappa shape index (κ3) is 6.01. The first-order valence-electron chi connectivity index (χ1n) is 8.68. The molecule has 1 amide bonds. The van der Waals surface area contributed by atoms with E-state index in [2.05, 4.69) is 6.07 Å². The summed E-state index contributed by atoms with van der Waals surface area (Å²) in [6.45, 7) is 1.92. The van der Waals surface area contributed by atoms with Crippen LogP contribution in [0.15, 0.2) is 42.5 Å². The average molecular weight is 438 g/mol. The number of hydrogen-bond acceptors (Lipinski definition) is 4. The molecule has 0 aliphatic heterocycles. The molecule has 154 valence electrons. The molecule has 0 saturated carbocycles. The van der Waals surface area contributed by atoms with E-state index >= 15 is 0 Å². The van der Waals surface area contributed by atoms with Crippen molar-refractivity contribution in [3.63, 3.8) is 0 Å². The van der Waals surface area contributed by atoms with Gasteiger partial charge in [0.1, 0.15) is 5.82 Å². The van der Waals surface area contributed by atoms with E-state index in [9.17, 15) is 14.0 Å². The van der Waals surface area contributed by atoms with Gasteiger partial charge in [-0.15, -0.1) is 12.4 Å². The first-order chi connectivity index (χ1) is 13.3. The highest BCUT2D eigenvalue weighted by Crippen LogP contribution is 2.27. The topological polar surface area (TPSA) is 64.4 Å². The number of ketones is 1. The lowest BCUT2D eigenvalue weighted by atomic mass is 10.0. The van der Waals surface area contributed by atoms with Gasteiger partial charge in [-0.1, -0.05) is 23.7 Å². The SMILES string of the molecule is C[C@H](CC#N)N(C)CC(=O)N(C)c1ccc(Cl)cc1C(=O)c1ccccc1F.Cl. The first-order valence-corrected chi connectivity index (χ1v) is 9.06. The molecule has 2 rings (SSSR count). The number of carbonyl (C=O) groups excluding carboxylic acids is 2. The standard InChI is InChI=1S/C21H21ClFN3O2.ClH/c1-14(10-11-24)25(2)13-20(27)26(3)19-9-8-15(22)12-17(19)21(28)16-6-4-5-7-18(16)23;/h4-9,12,14H,10,13H2,1-3H3;1H/t14-;/m1./s1. The van der Waals surface area contributed by atoms with Crippen LogP contribution in [0.25, 0.3) is 0 Å². The van der Waals surface area contributed by atoms with Gasteiger partial charge in [-0.3, -0.25) is 14.5 Å². The number of benzene rings is 2. The van der Waals surface area contributed by atoms with Gasteiger partial charge >= 0.3 is 0 Å². The monoisotopic (exact) mass is 437 g/mol. The maximum atomic E-state index is 14.1. The molecule has 0 bridgehead atoms. The van der Waals surface area contributed by atoms with Gasteiger partial charge in [0.25, 0.3) is 0 Å². The van der Waals surface area contributed by atoms with Gasteiger partial charge in [-0.2, -0.15) is 5.26 Å². The molecule has 0 spiro atoms. The van der Waals surface area contributed by atoms with Crippen LogP contribution in [0.5, 0.6) is 0 Å². The predicted octanol–water partition coefficient (Wildman–Crippen LogP) is 4.33. The van der Waals surface area contributed by atoms with Gasteiger partial charge in [0.2, 0.25) is 5.91 Å². The van der Waals surface area contributed by atoms with Crippen molar-refractivity contribution in [3.8, 4) is 6.07 Å². The summed E-state index contributed by atoms with van der Waals surface area (Å²) in [5, 5.41) is 9.12. The van der Waals surface area contributed by atoms with Crippen LogP contribution in [0, 0.1) is 17.1 Å². The number of rotatable bonds is 7. The lowest BCUT2D eigenvalue weighted by molar-refractivity contribution is -0.119. The van der Waals surface area contributed by atoms with Crippen LogP contribution in [0.1, 0.15) is 29.3 Å². The van der Waals surface area contributed by atoms with E-state index < -0.39 is 11.6 Å². The minimum absolute atomic E-state index is 0. The molecule has 0 aromatic heterocycles. The fourth-order valence-electron chi connectivity index (χ4n) is 2.67. The maximum Gasteiger partial charge on any atom is 0.240 e. The molecule has 0 saturated heterocycles. The summed E-state index contributed by atoms with van der Waals surface area (Å²) in [5.41, 5.74) is 0.386. The van der Waals surface area contributed by atoms with Crippen molar-refractivity contribution in [3.05, 3.63) is 64.4 Å². The number of likely N-dealkylation sites (N-methyl/N-ethyl adjacent to an activating group) is 2. The molecule has 2 aromatic rings. The largest absolute Gasteiger partial charge is 0.314 e. The minimum atomic E-state index is -0.641. The Bertz CT molecular complexity index is 930. The number of amides is 1. The Morgan fingerprint density at radius 1 is 1.17 bits per heavy atom. The highest BCUT2D eigenvalue weighted by atomic mass is 35.5. The van der Waals surface area contributed by atoms with E-state index in [1.54, 1.807) is 37.2 Å². The molecule has 5 nitrogen and oxygen atoms in total. The molecule has 8 heteroatoms. The van der Waals surface area contributed by atoms with Crippen LogP contribution in [0.2, 0.25) is 5.02 Å². The highest BCUT2D eigenvalue weighted by Gasteiger charge is 2.23. The Balaban J connectivity index is 0.00000420. The number of anilines is 1. The van der Waals surface area contributed by atoms with Crippen LogP contribution in [0.3, 0.4) is 0 Å². The molecule has 1 atom stereocenters. The van der Waals surface area contributed by atoms with E-state index in [1.165, 1.54) is 29.2 Å². The highest BCUT2D eigenvalue weighted by molar-refractivity contribution is 6.31. The van der Waals surface area contributed by atoms with Crippen molar-refractivity contribution < 1.29 is 14.0 Å². The van der Waals surface area contributed by atoms with Crippen molar-refractivity contribution in [2.45, 2.75) is 19.4 Å². The van der Waals surface area contributed by atoms with Gasteiger partial charge < -0.3 is 4.90 Å². The second kappa shape index (κ2) is 10.9. The molecule has 0 radical (unpaired) electrons. The van der Waals surface area contributed by atoms with E-state index in [0.717, 1.165) is 0 Å². The molecular weight excluding hydrogens is 416 g/mol. The molecular formula is C21H22Cl2FN3O2. The molecule has 0 aliphatic rings. The van der Waals surface area contributed by atoms with E-state index in [0.29, 0.717) is 17.1 Å². The lowest BCUT2D eigenvalue weighted by Crippen LogP contribution is -2.40. The quantitative estimate of drug-likeness (QED) is 0.604. The van der Waals surface area contributed by atoms with Crippen molar-refractivity contribution in [1.82, 2.24) is 4.90 Å². The Labute approximate surface area is 181 Å². The summed E-state index contributed by atoms with van der Waals surface area (Å²) in [4.78, 5) is 28.7.